The molecule has 1 fully saturated rings. The third-order valence-corrected chi connectivity index (χ3v) is 3.82. The first kappa shape index (κ1) is 15.4. The number of carbonyl (C=O) groups excluding carboxylic acids is 2. The van der Waals surface area contributed by atoms with Gasteiger partial charge < -0.3 is 16.0 Å². The van der Waals surface area contributed by atoms with Gasteiger partial charge >= 0.3 is 0 Å². The molecule has 3 N–H and O–H groups in total. The van der Waals surface area contributed by atoms with E-state index in [1.807, 2.05) is 24.0 Å². The predicted octanol–water partition coefficient (Wildman–Crippen LogP) is 1.79. The Balaban J connectivity index is 1.88. The van der Waals surface area contributed by atoms with Crippen molar-refractivity contribution in [1.82, 2.24) is 10.2 Å². The molecule has 0 bridgehead atoms. The second-order valence-corrected chi connectivity index (χ2v) is 5.47. The van der Waals surface area contributed by atoms with Gasteiger partial charge in [-0.15, -0.1) is 0 Å². The molecule has 2 amide bonds. The normalized spacial score (nSPS) is 15.8. The van der Waals surface area contributed by atoms with Gasteiger partial charge in [0.2, 0.25) is 5.91 Å². The Labute approximate surface area is 125 Å². The van der Waals surface area contributed by atoms with Crippen molar-refractivity contribution >= 4 is 17.5 Å². The van der Waals surface area contributed by atoms with E-state index in [4.69, 9.17) is 5.73 Å². The zero-order valence-electron chi connectivity index (χ0n) is 12.5. The summed E-state index contributed by atoms with van der Waals surface area (Å²) in [5.41, 5.74) is 6.93. The van der Waals surface area contributed by atoms with Crippen LogP contribution in [0.15, 0.2) is 24.3 Å². The summed E-state index contributed by atoms with van der Waals surface area (Å²) in [6.07, 6.45) is 3.03. The van der Waals surface area contributed by atoms with E-state index in [-0.39, 0.29) is 17.9 Å². The average molecular weight is 289 g/mol. The van der Waals surface area contributed by atoms with Crippen LogP contribution in [0, 0.1) is 0 Å². The number of nitrogens with two attached hydrogens (primary N) is 1. The van der Waals surface area contributed by atoms with Crippen molar-refractivity contribution in [1.29, 1.82) is 0 Å². The summed E-state index contributed by atoms with van der Waals surface area (Å²) in [6.45, 7) is 3.31. The van der Waals surface area contributed by atoms with Crippen LogP contribution in [0.4, 0.5) is 5.69 Å². The number of rotatable bonds is 4. The maximum absolute atomic E-state index is 12.4. The minimum atomic E-state index is -0.0218. The lowest BCUT2D eigenvalue weighted by Crippen LogP contribution is -2.46. The van der Waals surface area contributed by atoms with Crippen LogP contribution in [0.1, 0.15) is 43.0 Å². The lowest BCUT2D eigenvalue weighted by atomic mass is 10.0. The van der Waals surface area contributed by atoms with Gasteiger partial charge in [0.1, 0.15) is 0 Å². The van der Waals surface area contributed by atoms with E-state index in [0.717, 1.165) is 19.3 Å². The maximum Gasteiger partial charge on any atom is 0.255 e. The summed E-state index contributed by atoms with van der Waals surface area (Å²) in [6, 6.07) is 7.32. The Morgan fingerprint density at radius 3 is 2.57 bits per heavy atom. The molecule has 1 aliphatic heterocycles. The number of piperidine rings is 1. The number of hydrogen-bond donors (Lipinski definition) is 2. The van der Waals surface area contributed by atoms with Gasteiger partial charge in [-0.3, -0.25) is 9.59 Å². The zero-order valence-corrected chi connectivity index (χ0v) is 12.5. The Morgan fingerprint density at radius 2 is 1.95 bits per heavy atom. The lowest BCUT2D eigenvalue weighted by molar-refractivity contribution is -0.122. The molecule has 1 aliphatic rings. The number of nitrogen functional groups attached to an aromatic ring is 1. The summed E-state index contributed by atoms with van der Waals surface area (Å²) < 4.78 is 0. The van der Waals surface area contributed by atoms with Crippen molar-refractivity contribution in [2.24, 2.45) is 0 Å². The van der Waals surface area contributed by atoms with Gasteiger partial charge in [0.25, 0.3) is 5.91 Å². The van der Waals surface area contributed by atoms with Crippen LogP contribution in [-0.2, 0) is 4.79 Å². The van der Waals surface area contributed by atoms with Crippen LogP contribution in [0.25, 0.3) is 0 Å². The fraction of sp³-hybridized carbons (Fsp3) is 0.500. The molecule has 1 aromatic rings. The van der Waals surface area contributed by atoms with E-state index in [9.17, 15) is 9.59 Å². The Morgan fingerprint density at radius 1 is 1.29 bits per heavy atom. The van der Waals surface area contributed by atoms with Gasteiger partial charge in [-0.1, -0.05) is 19.1 Å². The maximum atomic E-state index is 12.4. The van der Waals surface area contributed by atoms with E-state index >= 15 is 0 Å². The van der Waals surface area contributed by atoms with E-state index in [1.165, 1.54) is 0 Å². The van der Waals surface area contributed by atoms with Crippen LogP contribution in [0.2, 0.25) is 0 Å². The predicted molar refractivity (Wildman–Crippen MR) is 82.8 cm³/mol. The topological polar surface area (TPSA) is 75.4 Å². The van der Waals surface area contributed by atoms with Crippen LogP contribution in [0.3, 0.4) is 0 Å². The average Bonchev–Trinajstić information content (AvgIpc) is 2.48. The lowest BCUT2D eigenvalue weighted by Gasteiger charge is -2.32. The zero-order chi connectivity index (χ0) is 15.2. The molecule has 1 aromatic carbocycles. The number of anilines is 1. The van der Waals surface area contributed by atoms with Crippen LogP contribution in [-0.4, -0.2) is 35.8 Å². The number of nitrogens with one attached hydrogen (secondary N) is 1. The molecule has 0 aliphatic carbocycles. The SMILES string of the molecule is CCCC(=O)NC1CCN(C(=O)c2ccccc2N)CC1. The van der Waals surface area contributed by atoms with Gasteiger partial charge in [-0.2, -0.15) is 0 Å². The molecule has 21 heavy (non-hydrogen) atoms. The van der Waals surface area contributed by atoms with Gasteiger partial charge in [0.05, 0.1) is 5.56 Å². The molecule has 0 unspecified atom stereocenters. The molecular weight excluding hydrogens is 266 g/mol. The molecule has 0 radical (unpaired) electrons. The van der Waals surface area contributed by atoms with Crippen molar-refractivity contribution in [3.05, 3.63) is 29.8 Å². The molecular formula is C16H23N3O2. The van der Waals surface area contributed by atoms with Crippen molar-refractivity contribution < 1.29 is 9.59 Å². The van der Waals surface area contributed by atoms with Crippen molar-refractivity contribution in [3.63, 3.8) is 0 Å². The van der Waals surface area contributed by atoms with E-state index in [1.54, 1.807) is 12.1 Å². The molecule has 0 spiro atoms. The third kappa shape index (κ3) is 3.97. The summed E-state index contributed by atoms with van der Waals surface area (Å²) in [5, 5.41) is 3.03. The first-order valence-electron chi connectivity index (χ1n) is 7.55. The quantitative estimate of drug-likeness (QED) is 0.830. The number of amides is 2. The van der Waals surface area contributed by atoms with E-state index < -0.39 is 0 Å². The van der Waals surface area contributed by atoms with E-state index in [2.05, 4.69) is 5.32 Å². The molecule has 5 heteroatoms. The first-order chi connectivity index (χ1) is 10.1. The second-order valence-electron chi connectivity index (χ2n) is 5.47. The van der Waals surface area contributed by atoms with E-state index in [0.29, 0.717) is 30.8 Å². The molecule has 114 valence electrons. The summed E-state index contributed by atoms with van der Waals surface area (Å²) in [5.74, 6) is 0.0843. The number of carbonyl (C=O) groups is 2. The Kier molecular flexibility index (Phi) is 5.20. The number of likely N-dealkylation sites (tertiary alicyclic amines) is 1. The number of hydrogen-bond acceptors (Lipinski definition) is 3. The summed E-state index contributed by atoms with van der Waals surface area (Å²) >= 11 is 0. The number of para-hydroxylation sites is 1. The Bertz CT molecular complexity index is 508. The van der Waals surface area contributed by atoms with Gasteiger partial charge in [0, 0.05) is 31.2 Å². The van der Waals surface area contributed by atoms with Gasteiger partial charge in [0.15, 0.2) is 0 Å². The standard InChI is InChI=1S/C16H23N3O2/c1-2-5-15(20)18-12-8-10-19(11-9-12)16(21)13-6-3-4-7-14(13)17/h3-4,6-7,12H,2,5,8-11,17H2,1H3,(H,18,20). The highest BCUT2D eigenvalue weighted by atomic mass is 16.2. The fourth-order valence-corrected chi connectivity index (χ4v) is 2.62. The molecule has 1 saturated heterocycles. The van der Waals surface area contributed by atoms with Gasteiger partial charge in [-0.25, -0.2) is 0 Å². The van der Waals surface area contributed by atoms with Crippen LogP contribution < -0.4 is 11.1 Å². The molecule has 2 rings (SSSR count). The van der Waals surface area contributed by atoms with Crippen molar-refractivity contribution in [3.8, 4) is 0 Å². The molecule has 0 atom stereocenters. The summed E-state index contributed by atoms with van der Waals surface area (Å²) in [7, 11) is 0. The fourth-order valence-electron chi connectivity index (χ4n) is 2.62. The van der Waals surface area contributed by atoms with Crippen molar-refractivity contribution in [2.75, 3.05) is 18.8 Å². The highest BCUT2D eigenvalue weighted by Crippen LogP contribution is 2.18. The third-order valence-electron chi connectivity index (χ3n) is 3.82. The molecule has 0 aromatic heterocycles. The minimum absolute atomic E-state index is 0.0218. The largest absolute Gasteiger partial charge is 0.398 e. The van der Waals surface area contributed by atoms with Crippen LogP contribution >= 0.6 is 0 Å². The molecule has 0 saturated carbocycles. The Hall–Kier alpha value is -2.04. The summed E-state index contributed by atoms with van der Waals surface area (Å²) in [4.78, 5) is 25.8. The second kappa shape index (κ2) is 7.11. The highest BCUT2D eigenvalue weighted by molar-refractivity contribution is 5.99. The van der Waals surface area contributed by atoms with Crippen LogP contribution in [0.5, 0.6) is 0 Å². The monoisotopic (exact) mass is 289 g/mol. The molecule has 5 nitrogen and oxygen atoms in total. The number of benzene rings is 1. The van der Waals surface area contributed by atoms with Gasteiger partial charge in [-0.05, 0) is 31.4 Å². The smallest absolute Gasteiger partial charge is 0.255 e. The van der Waals surface area contributed by atoms with Crippen molar-refractivity contribution in [2.45, 2.75) is 38.6 Å². The first-order valence-corrected chi connectivity index (χ1v) is 7.55. The minimum Gasteiger partial charge on any atom is -0.398 e. The number of nitrogens with zero attached hydrogens (tertiary/aromatic N) is 1. The molecule has 1 heterocycles. The highest BCUT2D eigenvalue weighted by Gasteiger charge is 2.25.